The first-order chi connectivity index (χ1) is 10.2. The van der Waals surface area contributed by atoms with Gasteiger partial charge in [-0.05, 0) is 31.4 Å². The van der Waals surface area contributed by atoms with E-state index >= 15 is 0 Å². The van der Waals surface area contributed by atoms with Crippen LogP contribution in [0.2, 0.25) is 0 Å². The highest BCUT2D eigenvalue weighted by Gasteiger charge is 2.49. The third-order valence-corrected chi connectivity index (χ3v) is 4.40. The van der Waals surface area contributed by atoms with Crippen molar-refractivity contribution in [1.29, 1.82) is 0 Å². The third kappa shape index (κ3) is 2.31. The minimum atomic E-state index is -0.587. The lowest BCUT2D eigenvalue weighted by Crippen LogP contribution is -2.52. The predicted octanol–water partition coefficient (Wildman–Crippen LogP) is 1.54. The van der Waals surface area contributed by atoms with E-state index in [1.54, 1.807) is 4.90 Å². The van der Waals surface area contributed by atoms with Gasteiger partial charge in [-0.25, -0.2) is 0 Å². The molecule has 2 aliphatic rings. The van der Waals surface area contributed by atoms with Gasteiger partial charge in [-0.15, -0.1) is 0 Å². The molecule has 5 heteroatoms. The van der Waals surface area contributed by atoms with Gasteiger partial charge >= 0.3 is 0 Å². The number of piperidine rings is 1. The zero-order chi connectivity index (χ0) is 14.9. The first kappa shape index (κ1) is 14.1. The summed E-state index contributed by atoms with van der Waals surface area (Å²) >= 11 is 0. The summed E-state index contributed by atoms with van der Waals surface area (Å²) in [4.78, 5) is 26.5. The lowest BCUT2D eigenvalue weighted by atomic mass is 9.75. The number of anilines is 1. The Morgan fingerprint density at radius 2 is 2.24 bits per heavy atom. The van der Waals surface area contributed by atoms with Gasteiger partial charge in [0, 0.05) is 25.4 Å². The Bertz CT molecular complexity index is 572. The number of carbonyl (C=O) groups is 2. The molecule has 1 fully saturated rings. The molecule has 2 heterocycles. The Morgan fingerprint density at radius 3 is 3.05 bits per heavy atom. The van der Waals surface area contributed by atoms with Gasteiger partial charge in [0.2, 0.25) is 11.8 Å². The largest absolute Gasteiger partial charge is 0.372 e. The number of benzene rings is 1. The molecular weight excluding hydrogens is 268 g/mol. The fourth-order valence-electron chi connectivity index (χ4n) is 3.33. The number of hydrogen-bond acceptors (Lipinski definition) is 3. The Kier molecular flexibility index (Phi) is 3.68. The van der Waals surface area contributed by atoms with Gasteiger partial charge in [-0.1, -0.05) is 18.2 Å². The van der Waals surface area contributed by atoms with Gasteiger partial charge in [-0.3, -0.25) is 9.59 Å². The molecule has 2 amide bonds. The van der Waals surface area contributed by atoms with Crippen LogP contribution >= 0.6 is 0 Å². The van der Waals surface area contributed by atoms with E-state index in [2.05, 4.69) is 5.32 Å². The van der Waals surface area contributed by atoms with Crippen LogP contribution in [-0.4, -0.2) is 43.0 Å². The van der Waals surface area contributed by atoms with E-state index in [-0.39, 0.29) is 18.4 Å². The maximum Gasteiger partial charge on any atom is 0.248 e. The highest BCUT2D eigenvalue weighted by atomic mass is 16.5. The molecule has 0 bridgehead atoms. The van der Waals surface area contributed by atoms with E-state index in [1.165, 1.54) is 0 Å². The van der Waals surface area contributed by atoms with Crippen LogP contribution < -0.4 is 5.32 Å². The van der Waals surface area contributed by atoms with Gasteiger partial charge in [-0.2, -0.15) is 0 Å². The van der Waals surface area contributed by atoms with Crippen molar-refractivity contribution in [1.82, 2.24) is 4.90 Å². The molecule has 1 saturated heterocycles. The van der Waals surface area contributed by atoms with Crippen LogP contribution in [0.1, 0.15) is 25.3 Å². The normalized spacial score (nSPS) is 24.0. The van der Waals surface area contributed by atoms with E-state index in [1.807, 2.05) is 31.2 Å². The highest BCUT2D eigenvalue weighted by Crippen LogP contribution is 2.43. The summed E-state index contributed by atoms with van der Waals surface area (Å²) in [5.41, 5.74) is 1.31. The third-order valence-electron chi connectivity index (χ3n) is 4.40. The van der Waals surface area contributed by atoms with E-state index in [0.29, 0.717) is 19.7 Å². The summed E-state index contributed by atoms with van der Waals surface area (Å²) in [6.07, 6.45) is 1.62. The number of carbonyl (C=O) groups excluding carboxylic acids is 2. The van der Waals surface area contributed by atoms with Crippen molar-refractivity contribution < 1.29 is 14.3 Å². The van der Waals surface area contributed by atoms with Gasteiger partial charge in [0.05, 0.1) is 5.41 Å². The summed E-state index contributed by atoms with van der Waals surface area (Å²) < 4.78 is 5.20. The lowest BCUT2D eigenvalue weighted by molar-refractivity contribution is -0.139. The molecular formula is C16H20N2O3. The van der Waals surface area contributed by atoms with Crippen LogP contribution in [0.25, 0.3) is 0 Å². The smallest absolute Gasteiger partial charge is 0.248 e. The number of amides is 2. The SMILES string of the molecule is CCOCC(=O)N1CCC[C@]2(C1)C(=O)Nc1ccccc12. The Hall–Kier alpha value is -1.88. The molecule has 1 spiro atoms. The van der Waals surface area contributed by atoms with Crippen LogP contribution in [0, 0.1) is 0 Å². The Labute approximate surface area is 124 Å². The second-order valence-electron chi connectivity index (χ2n) is 5.64. The zero-order valence-electron chi connectivity index (χ0n) is 12.2. The van der Waals surface area contributed by atoms with Crippen LogP contribution in [-0.2, 0) is 19.7 Å². The molecule has 0 unspecified atom stereocenters. The van der Waals surface area contributed by atoms with Crippen LogP contribution in [0.4, 0.5) is 5.69 Å². The Morgan fingerprint density at radius 1 is 1.43 bits per heavy atom. The monoisotopic (exact) mass is 288 g/mol. The summed E-state index contributed by atoms with van der Waals surface area (Å²) in [6.45, 7) is 3.63. The maximum absolute atomic E-state index is 12.5. The van der Waals surface area contributed by atoms with Crippen molar-refractivity contribution in [3.63, 3.8) is 0 Å². The molecule has 1 aromatic rings. The number of nitrogens with zero attached hydrogens (tertiary/aromatic N) is 1. The molecule has 1 N–H and O–H groups in total. The lowest BCUT2D eigenvalue weighted by Gasteiger charge is -2.39. The average molecular weight is 288 g/mol. The molecule has 0 radical (unpaired) electrons. The van der Waals surface area contributed by atoms with Crippen molar-refractivity contribution in [3.05, 3.63) is 29.8 Å². The maximum atomic E-state index is 12.5. The van der Waals surface area contributed by atoms with Gasteiger partial charge in [0.15, 0.2) is 0 Å². The topological polar surface area (TPSA) is 58.6 Å². The first-order valence-electron chi connectivity index (χ1n) is 7.44. The number of nitrogens with one attached hydrogen (secondary N) is 1. The molecule has 0 aromatic heterocycles. The number of hydrogen-bond donors (Lipinski definition) is 1. The fraction of sp³-hybridized carbons (Fsp3) is 0.500. The summed E-state index contributed by atoms with van der Waals surface area (Å²) in [5, 5.41) is 2.95. The molecule has 2 aliphatic heterocycles. The highest BCUT2D eigenvalue weighted by molar-refractivity contribution is 6.06. The second-order valence-corrected chi connectivity index (χ2v) is 5.64. The number of fused-ring (bicyclic) bond motifs is 2. The molecule has 21 heavy (non-hydrogen) atoms. The molecule has 3 rings (SSSR count). The molecule has 1 atom stereocenters. The van der Waals surface area contributed by atoms with Crippen molar-refractivity contribution in [2.75, 3.05) is 31.6 Å². The fourth-order valence-corrected chi connectivity index (χ4v) is 3.33. The van der Waals surface area contributed by atoms with Gasteiger partial charge in [0.1, 0.15) is 6.61 Å². The standard InChI is InChI=1S/C16H20N2O3/c1-2-21-10-14(19)18-9-5-8-16(11-18)12-6-3-4-7-13(12)17-15(16)20/h3-4,6-7H,2,5,8-11H2,1H3,(H,17,20)/t16-/m1/s1. The van der Waals surface area contributed by atoms with E-state index in [4.69, 9.17) is 4.74 Å². The van der Waals surface area contributed by atoms with Crippen molar-refractivity contribution in [2.24, 2.45) is 0 Å². The number of rotatable bonds is 3. The van der Waals surface area contributed by atoms with Crippen LogP contribution in [0.3, 0.4) is 0 Å². The second kappa shape index (κ2) is 5.48. The van der Waals surface area contributed by atoms with E-state index in [9.17, 15) is 9.59 Å². The van der Waals surface area contributed by atoms with Gasteiger partial charge < -0.3 is 15.0 Å². The number of para-hydroxylation sites is 1. The van der Waals surface area contributed by atoms with Crippen LogP contribution in [0.15, 0.2) is 24.3 Å². The molecule has 1 aromatic carbocycles. The summed E-state index contributed by atoms with van der Waals surface area (Å²) in [7, 11) is 0. The molecule has 0 aliphatic carbocycles. The van der Waals surface area contributed by atoms with E-state index < -0.39 is 5.41 Å². The zero-order valence-corrected chi connectivity index (χ0v) is 12.2. The van der Waals surface area contributed by atoms with Crippen molar-refractivity contribution in [3.8, 4) is 0 Å². The quantitative estimate of drug-likeness (QED) is 0.917. The van der Waals surface area contributed by atoms with Gasteiger partial charge in [0.25, 0.3) is 0 Å². The van der Waals surface area contributed by atoms with Crippen molar-refractivity contribution >= 4 is 17.5 Å². The number of ether oxygens (including phenoxy) is 1. The summed E-state index contributed by atoms with van der Waals surface area (Å²) in [5.74, 6) is -0.0225. The molecule has 0 saturated carbocycles. The predicted molar refractivity (Wildman–Crippen MR) is 79.1 cm³/mol. The molecule has 5 nitrogen and oxygen atoms in total. The first-order valence-corrected chi connectivity index (χ1v) is 7.44. The Balaban J connectivity index is 1.85. The molecule has 112 valence electrons. The van der Waals surface area contributed by atoms with E-state index in [0.717, 1.165) is 24.1 Å². The average Bonchev–Trinajstić information content (AvgIpc) is 2.77. The number of likely N-dealkylation sites (tertiary alicyclic amines) is 1. The van der Waals surface area contributed by atoms with Crippen LogP contribution in [0.5, 0.6) is 0 Å². The minimum absolute atomic E-state index is 0.0117. The summed E-state index contributed by atoms with van der Waals surface area (Å²) in [6, 6.07) is 7.77. The minimum Gasteiger partial charge on any atom is -0.372 e. The van der Waals surface area contributed by atoms with Crippen molar-refractivity contribution in [2.45, 2.75) is 25.2 Å².